The fourth-order valence-electron chi connectivity index (χ4n) is 2.36. The van der Waals surface area contributed by atoms with Crippen LogP contribution in [-0.2, 0) is 4.74 Å². The van der Waals surface area contributed by atoms with Crippen LogP contribution in [0.3, 0.4) is 0 Å². The molecule has 7 heteroatoms. The number of allylic oxidation sites excluding steroid dienone is 2. The summed E-state index contributed by atoms with van der Waals surface area (Å²) in [6.07, 6.45) is 6.82. The fraction of sp³-hybridized carbons (Fsp3) is 0.250. The summed E-state index contributed by atoms with van der Waals surface area (Å²) >= 11 is 3.25. The average Bonchev–Trinajstić information content (AvgIpc) is 2.89. The number of ether oxygens (including phenoxy) is 1. The number of carbonyl (C=O) groups is 1. The molecule has 1 aliphatic rings. The van der Waals surface area contributed by atoms with E-state index in [-0.39, 0.29) is 18.2 Å². The Morgan fingerprint density at radius 2 is 2.43 bits per heavy atom. The number of hydrogen-bond donors (Lipinski definition) is 1. The van der Waals surface area contributed by atoms with Crippen molar-refractivity contribution in [3.05, 3.63) is 46.7 Å². The molecule has 0 saturated carbocycles. The van der Waals surface area contributed by atoms with Gasteiger partial charge in [-0.25, -0.2) is 9.18 Å². The van der Waals surface area contributed by atoms with Crippen LogP contribution >= 0.6 is 15.9 Å². The first-order valence-electron chi connectivity index (χ1n) is 7.13. The molecule has 5 nitrogen and oxygen atoms in total. The number of rotatable bonds is 4. The van der Waals surface area contributed by atoms with Crippen molar-refractivity contribution in [3.63, 3.8) is 0 Å². The van der Waals surface area contributed by atoms with Gasteiger partial charge in [0.1, 0.15) is 11.4 Å². The molecule has 1 N–H and O–H groups in total. The van der Waals surface area contributed by atoms with E-state index < -0.39 is 12.0 Å². The molecule has 2 aromatic rings. The predicted molar refractivity (Wildman–Crippen MR) is 88.2 cm³/mol. The Morgan fingerprint density at radius 1 is 1.61 bits per heavy atom. The van der Waals surface area contributed by atoms with E-state index in [0.717, 1.165) is 0 Å². The summed E-state index contributed by atoms with van der Waals surface area (Å²) in [5, 5.41) is 3.65. The number of anilines is 1. The Balaban J connectivity index is 2.00. The highest BCUT2D eigenvalue weighted by Gasteiger charge is 2.26. The quantitative estimate of drug-likeness (QED) is 0.800. The van der Waals surface area contributed by atoms with Gasteiger partial charge in [0.2, 0.25) is 5.76 Å². The zero-order valence-electron chi connectivity index (χ0n) is 12.3. The Hall–Kier alpha value is -2.15. The Bertz CT molecular complexity index is 813. The lowest BCUT2D eigenvalue weighted by atomic mass is 10.1. The third-order valence-corrected chi connectivity index (χ3v) is 3.98. The van der Waals surface area contributed by atoms with Crippen molar-refractivity contribution in [3.8, 4) is 0 Å². The molecule has 2 aromatic heterocycles. The molecule has 0 bridgehead atoms. The lowest BCUT2D eigenvalue weighted by Crippen LogP contribution is -2.22. The fourth-order valence-corrected chi connectivity index (χ4v) is 2.77. The summed E-state index contributed by atoms with van der Waals surface area (Å²) in [5.41, 5.74) is 0.883. The highest BCUT2D eigenvalue weighted by Crippen LogP contribution is 2.34. The summed E-state index contributed by atoms with van der Waals surface area (Å²) in [6.45, 7) is 1.93. The van der Waals surface area contributed by atoms with Crippen molar-refractivity contribution >= 4 is 38.6 Å². The summed E-state index contributed by atoms with van der Waals surface area (Å²) in [5.74, 6) is -0.896. The number of fused-ring (bicyclic) bond motifs is 1. The van der Waals surface area contributed by atoms with Gasteiger partial charge < -0.3 is 14.5 Å². The molecule has 0 saturated heterocycles. The van der Waals surface area contributed by atoms with E-state index in [1.54, 1.807) is 25.4 Å². The smallest absolute Gasteiger partial charge is 0.376 e. The van der Waals surface area contributed by atoms with Gasteiger partial charge >= 0.3 is 5.97 Å². The summed E-state index contributed by atoms with van der Waals surface area (Å²) < 4.78 is 25.4. The molecule has 0 aliphatic heterocycles. The number of furan rings is 1. The van der Waals surface area contributed by atoms with Crippen molar-refractivity contribution in [2.45, 2.75) is 19.4 Å². The van der Waals surface area contributed by atoms with Gasteiger partial charge in [-0.2, -0.15) is 0 Å². The number of nitrogens with zero attached hydrogens (tertiary/aromatic N) is 1. The van der Waals surface area contributed by atoms with E-state index in [1.807, 2.05) is 6.08 Å². The summed E-state index contributed by atoms with van der Waals surface area (Å²) in [6, 6.07) is 1.07. The number of esters is 1. The van der Waals surface area contributed by atoms with Crippen LogP contribution < -0.4 is 5.32 Å². The minimum Gasteiger partial charge on any atom is -0.460 e. The monoisotopic (exact) mass is 380 g/mol. The number of halogens is 2. The molecule has 1 unspecified atom stereocenters. The largest absolute Gasteiger partial charge is 0.460 e. The van der Waals surface area contributed by atoms with Crippen LogP contribution in [0.15, 0.2) is 45.3 Å². The van der Waals surface area contributed by atoms with Crippen molar-refractivity contribution in [2.24, 2.45) is 0 Å². The van der Waals surface area contributed by atoms with Crippen molar-refractivity contribution < 1.29 is 18.3 Å². The number of aromatic nitrogens is 1. The SMILES string of the molecule is CCOC(=O)c1oc2ccncc2c1NC1CC=C(Br)C=C1F. The molecule has 0 fully saturated rings. The van der Waals surface area contributed by atoms with Crippen LogP contribution in [0, 0.1) is 0 Å². The number of carbonyl (C=O) groups excluding carboxylic acids is 1. The van der Waals surface area contributed by atoms with E-state index in [4.69, 9.17) is 9.15 Å². The maximum Gasteiger partial charge on any atom is 0.376 e. The van der Waals surface area contributed by atoms with E-state index in [1.165, 1.54) is 6.08 Å². The molecule has 0 spiro atoms. The molecule has 2 heterocycles. The molecule has 120 valence electrons. The molecule has 0 amide bonds. The number of hydrogen-bond acceptors (Lipinski definition) is 5. The van der Waals surface area contributed by atoms with E-state index in [2.05, 4.69) is 26.2 Å². The van der Waals surface area contributed by atoms with Crippen molar-refractivity contribution in [1.29, 1.82) is 0 Å². The van der Waals surface area contributed by atoms with Gasteiger partial charge in [0.05, 0.1) is 23.7 Å². The Morgan fingerprint density at radius 3 is 3.17 bits per heavy atom. The van der Waals surface area contributed by atoms with Crippen LogP contribution in [0.5, 0.6) is 0 Å². The second kappa shape index (κ2) is 6.54. The van der Waals surface area contributed by atoms with Crippen LogP contribution in [0.1, 0.15) is 23.9 Å². The highest BCUT2D eigenvalue weighted by atomic mass is 79.9. The molecule has 0 aromatic carbocycles. The van der Waals surface area contributed by atoms with Crippen LogP contribution in [0.2, 0.25) is 0 Å². The van der Waals surface area contributed by atoms with Gasteiger partial charge in [0.25, 0.3) is 0 Å². The van der Waals surface area contributed by atoms with E-state index in [9.17, 15) is 9.18 Å². The predicted octanol–water partition coefficient (Wildman–Crippen LogP) is 4.32. The molecular weight excluding hydrogens is 367 g/mol. The maximum absolute atomic E-state index is 14.1. The summed E-state index contributed by atoms with van der Waals surface area (Å²) in [7, 11) is 0. The lowest BCUT2D eigenvalue weighted by Gasteiger charge is -2.19. The maximum atomic E-state index is 14.1. The molecule has 3 rings (SSSR count). The van der Waals surface area contributed by atoms with Gasteiger partial charge in [-0.1, -0.05) is 22.0 Å². The Labute approximate surface area is 140 Å². The molecule has 23 heavy (non-hydrogen) atoms. The highest BCUT2D eigenvalue weighted by molar-refractivity contribution is 9.11. The zero-order valence-corrected chi connectivity index (χ0v) is 13.9. The van der Waals surface area contributed by atoms with Crippen LogP contribution in [0.4, 0.5) is 10.1 Å². The van der Waals surface area contributed by atoms with Gasteiger partial charge in [0.15, 0.2) is 0 Å². The topological polar surface area (TPSA) is 64.4 Å². The Kier molecular flexibility index (Phi) is 4.47. The standard InChI is InChI=1S/C16H14BrFN2O3/c1-2-22-16(21)15-14(10-8-19-6-5-13(10)23-15)20-12-4-3-9(17)7-11(12)18/h3,5-8,12,20H,2,4H2,1H3. The second-order valence-electron chi connectivity index (χ2n) is 4.95. The average molecular weight is 381 g/mol. The van der Waals surface area contributed by atoms with Gasteiger partial charge in [-0.05, 0) is 25.5 Å². The number of nitrogens with one attached hydrogen (secondary N) is 1. The van der Waals surface area contributed by atoms with E-state index >= 15 is 0 Å². The van der Waals surface area contributed by atoms with Crippen molar-refractivity contribution in [2.75, 3.05) is 11.9 Å². The lowest BCUT2D eigenvalue weighted by molar-refractivity contribution is 0.0494. The minimum atomic E-state index is -0.594. The van der Waals surface area contributed by atoms with Gasteiger partial charge in [-0.3, -0.25) is 4.98 Å². The molecule has 1 aliphatic carbocycles. The number of pyridine rings is 1. The summed E-state index contributed by atoms with van der Waals surface area (Å²) in [4.78, 5) is 16.1. The first-order valence-corrected chi connectivity index (χ1v) is 7.92. The van der Waals surface area contributed by atoms with Gasteiger partial charge in [-0.15, -0.1) is 0 Å². The van der Waals surface area contributed by atoms with Crippen LogP contribution in [-0.4, -0.2) is 23.6 Å². The first-order chi connectivity index (χ1) is 11.1. The first kappa shape index (κ1) is 15.7. The minimum absolute atomic E-state index is 0.0243. The third-order valence-electron chi connectivity index (χ3n) is 3.43. The zero-order chi connectivity index (χ0) is 16.4. The van der Waals surface area contributed by atoms with Gasteiger partial charge in [0, 0.05) is 16.9 Å². The normalized spacial score (nSPS) is 17.6. The van der Waals surface area contributed by atoms with Crippen LogP contribution in [0.25, 0.3) is 11.0 Å². The molecule has 1 atom stereocenters. The molecular formula is C16H14BrFN2O3. The third kappa shape index (κ3) is 3.14. The van der Waals surface area contributed by atoms with Crippen molar-refractivity contribution in [1.82, 2.24) is 4.98 Å². The second-order valence-corrected chi connectivity index (χ2v) is 5.87. The van der Waals surface area contributed by atoms with E-state index in [0.29, 0.717) is 27.6 Å². The molecule has 0 radical (unpaired) electrons.